The average molecular weight is 179 g/mol. The summed E-state index contributed by atoms with van der Waals surface area (Å²) in [4.78, 5) is 11.5. The van der Waals surface area contributed by atoms with Crippen molar-refractivity contribution in [3.63, 3.8) is 0 Å². The molecule has 68 valence electrons. The van der Waals surface area contributed by atoms with Gasteiger partial charge in [-0.05, 0) is 12.1 Å². The second-order valence-corrected chi connectivity index (χ2v) is 2.43. The summed E-state index contributed by atoms with van der Waals surface area (Å²) in [5, 5.41) is 8.40. The quantitative estimate of drug-likeness (QED) is 0.655. The molecule has 0 aromatic carbocycles. The topological polar surface area (TPSA) is 63.2 Å². The zero-order valence-corrected chi connectivity index (χ0v) is 7.19. The first-order valence-electron chi connectivity index (χ1n) is 3.77. The van der Waals surface area contributed by atoms with Crippen molar-refractivity contribution in [3.8, 4) is 6.07 Å². The van der Waals surface area contributed by atoms with E-state index in [1.165, 1.54) is 13.4 Å². The zero-order chi connectivity index (χ0) is 9.68. The zero-order valence-electron chi connectivity index (χ0n) is 7.19. The molecular weight excluding hydrogens is 170 g/mol. The molecule has 1 atom stereocenters. The van der Waals surface area contributed by atoms with E-state index < -0.39 is 6.10 Å². The van der Waals surface area contributed by atoms with Crippen LogP contribution in [0.25, 0.3) is 0 Å². The maximum Gasteiger partial charge on any atom is 0.227 e. The Hall–Kier alpha value is -1.60. The highest BCUT2D eigenvalue weighted by molar-refractivity contribution is 5.97. The number of carbonyl (C=O) groups is 1. The number of nitrogens with zero attached hydrogens (tertiary/aromatic N) is 1. The van der Waals surface area contributed by atoms with Crippen molar-refractivity contribution in [1.82, 2.24) is 0 Å². The number of methoxy groups -OCH3 is 1. The Morgan fingerprint density at radius 3 is 3.08 bits per heavy atom. The molecule has 0 aliphatic heterocycles. The highest BCUT2D eigenvalue weighted by Gasteiger charge is 2.21. The fourth-order valence-corrected chi connectivity index (χ4v) is 0.943. The summed E-state index contributed by atoms with van der Waals surface area (Å²) in [5.41, 5.74) is 0. The average Bonchev–Trinajstić information content (AvgIpc) is 2.65. The molecule has 0 N–H and O–H groups in total. The standard InChI is InChI=1S/C9H9NO3/c1-12-7(4-5-10)9(11)8-3-2-6-13-8/h2-3,6-7H,4H2,1H3. The molecule has 1 heterocycles. The number of furan rings is 1. The van der Waals surface area contributed by atoms with Crippen molar-refractivity contribution in [2.75, 3.05) is 7.11 Å². The largest absolute Gasteiger partial charge is 0.461 e. The molecule has 13 heavy (non-hydrogen) atoms. The molecule has 0 radical (unpaired) electrons. The first-order chi connectivity index (χ1) is 6.29. The van der Waals surface area contributed by atoms with E-state index in [1.54, 1.807) is 12.1 Å². The molecule has 0 amide bonds. The van der Waals surface area contributed by atoms with Gasteiger partial charge in [-0.3, -0.25) is 4.79 Å². The lowest BCUT2D eigenvalue weighted by Crippen LogP contribution is -2.21. The third kappa shape index (κ3) is 2.17. The predicted octanol–water partition coefficient (Wildman–Crippen LogP) is 1.39. The number of hydrogen-bond acceptors (Lipinski definition) is 4. The summed E-state index contributed by atoms with van der Waals surface area (Å²) in [6.07, 6.45) is 0.721. The van der Waals surface area contributed by atoms with E-state index in [0.29, 0.717) is 0 Å². The lowest BCUT2D eigenvalue weighted by molar-refractivity contribution is 0.0591. The van der Waals surface area contributed by atoms with Crippen LogP contribution in [-0.4, -0.2) is 19.0 Å². The van der Waals surface area contributed by atoms with Crippen LogP contribution in [0.4, 0.5) is 0 Å². The minimum Gasteiger partial charge on any atom is -0.461 e. The van der Waals surface area contributed by atoms with Crippen molar-refractivity contribution in [2.45, 2.75) is 12.5 Å². The van der Waals surface area contributed by atoms with E-state index in [1.807, 2.05) is 6.07 Å². The van der Waals surface area contributed by atoms with Gasteiger partial charge in [-0.2, -0.15) is 5.26 Å². The maximum absolute atomic E-state index is 11.5. The predicted molar refractivity (Wildman–Crippen MR) is 44.1 cm³/mol. The van der Waals surface area contributed by atoms with Gasteiger partial charge in [0.25, 0.3) is 0 Å². The van der Waals surface area contributed by atoms with E-state index in [9.17, 15) is 4.79 Å². The molecule has 0 bridgehead atoms. The first kappa shape index (κ1) is 9.49. The number of rotatable bonds is 4. The second kappa shape index (κ2) is 4.43. The van der Waals surface area contributed by atoms with Gasteiger partial charge in [-0.1, -0.05) is 0 Å². The first-order valence-corrected chi connectivity index (χ1v) is 3.77. The number of Topliss-reactive ketones (excluding diaryl/α,β-unsaturated/α-hetero) is 1. The Bertz CT molecular complexity index is 310. The van der Waals surface area contributed by atoms with Crippen molar-refractivity contribution < 1.29 is 13.9 Å². The molecule has 0 spiro atoms. The van der Waals surface area contributed by atoms with Gasteiger partial charge in [0.05, 0.1) is 18.8 Å². The van der Waals surface area contributed by atoms with Crippen LogP contribution in [0.2, 0.25) is 0 Å². The SMILES string of the molecule is COC(CC#N)C(=O)c1ccco1. The van der Waals surface area contributed by atoms with Crippen LogP contribution in [0, 0.1) is 11.3 Å². The molecule has 0 aliphatic carbocycles. The molecule has 1 unspecified atom stereocenters. The maximum atomic E-state index is 11.5. The Morgan fingerprint density at radius 2 is 2.62 bits per heavy atom. The summed E-state index contributed by atoms with van der Waals surface area (Å²) in [6, 6.07) is 5.04. The van der Waals surface area contributed by atoms with Crippen LogP contribution in [0.5, 0.6) is 0 Å². The van der Waals surface area contributed by atoms with Crippen molar-refractivity contribution in [2.24, 2.45) is 0 Å². The van der Waals surface area contributed by atoms with E-state index in [4.69, 9.17) is 14.4 Å². The van der Waals surface area contributed by atoms with Gasteiger partial charge in [0.2, 0.25) is 5.78 Å². The fourth-order valence-electron chi connectivity index (χ4n) is 0.943. The van der Waals surface area contributed by atoms with Crippen LogP contribution in [0.3, 0.4) is 0 Å². The van der Waals surface area contributed by atoms with Crippen LogP contribution in [0.1, 0.15) is 17.0 Å². The summed E-state index contributed by atoms with van der Waals surface area (Å²) in [6.45, 7) is 0. The second-order valence-electron chi connectivity index (χ2n) is 2.43. The molecular formula is C9H9NO3. The monoisotopic (exact) mass is 179 g/mol. The molecule has 1 aromatic rings. The Labute approximate surface area is 75.7 Å². The van der Waals surface area contributed by atoms with Crippen molar-refractivity contribution in [1.29, 1.82) is 5.26 Å². The van der Waals surface area contributed by atoms with Crippen LogP contribution in [0.15, 0.2) is 22.8 Å². The van der Waals surface area contributed by atoms with Gasteiger partial charge in [0, 0.05) is 7.11 Å². The Morgan fingerprint density at radius 1 is 1.85 bits per heavy atom. The van der Waals surface area contributed by atoms with E-state index in [-0.39, 0.29) is 18.0 Å². The van der Waals surface area contributed by atoms with Gasteiger partial charge in [-0.25, -0.2) is 0 Å². The third-order valence-electron chi connectivity index (χ3n) is 1.62. The van der Waals surface area contributed by atoms with Gasteiger partial charge < -0.3 is 9.15 Å². The number of nitriles is 1. The number of ketones is 1. The smallest absolute Gasteiger partial charge is 0.227 e. The van der Waals surface area contributed by atoms with Gasteiger partial charge >= 0.3 is 0 Å². The molecule has 1 rings (SSSR count). The Balaban J connectivity index is 2.72. The van der Waals surface area contributed by atoms with Crippen LogP contribution in [-0.2, 0) is 4.74 Å². The van der Waals surface area contributed by atoms with Crippen LogP contribution < -0.4 is 0 Å². The molecule has 0 fully saturated rings. The van der Waals surface area contributed by atoms with E-state index in [2.05, 4.69) is 0 Å². The summed E-state index contributed by atoms with van der Waals surface area (Å²) >= 11 is 0. The normalized spacial score (nSPS) is 12.0. The summed E-state index contributed by atoms with van der Waals surface area (Å²) < 4.78 is 9.73. The lowest BCUT2D eigenvalue weighted by atomic mass is 10.1. The molecule has 4 nitrogen and oxygen atoms in total. The highest BCUT2D eigenvalue weighted by atomic mass is 16.5. The molecule has 0 aliphatic rings. The lowest BCUT2D eigenvalue weighted by Gasteiger charge is -2.07. The van der Waals surface area contributed by atoms with E-state index in [0.717, 1.165) is 0 Å². The fraction of sp³-hybridized carbons (Fsp3) is 0.333. The minimum absolute atomic E-state index is 0.0377. The molecule has 4 heteroatoms. The summed E-state index contributed by atoms with van der Waals surface area (Å²) in [7, 11) is 1.39. The molecule has 0 saturated carbocycles. The van der Waals surface area contributed by atoms with E-state index >= 15 is 0 Å². The molecule has 1 aromatic heterocycles. The van der Waals surface area contributed by atoms with Crippen LogP contribution >= 0.6 is 0 Å². The molecule has 0 saturated heterocycles. The van der Waals surface area contributed by atoms with Crippen molar-refractivity contribution >= 4 is 5.78 Å². The number of ether oxygens (including phenoxy) is 1. The van der Waals surface area contributed by atoms with Gasteiger partial charge in [0.1, 0.15) is 6.10 Å². The number of carbonyl (C=O) groups excluding carboxylic acids is 1. The van der Waals surface area contributed by atoms with Gasteiger partial charge in [0.15, 0.2) is 5.76 Å². The highest BCUT2D eigenvalue weighted by Crippen LogP contribution is 2.08. The summed E-state index contributed by atoms with van der Waals surface area (Å²) in [5.74, 6) is -0.0730. The number of hydrogen-bond donors (Lipinski definition) is 0. The third-order valence-corrected chi connectivity index (χ3v) is 1.62. The van der Waals surface area contributed by atoms with Gasteiger partial charge in [-0.15, -0.1) is 0 Å². The minimum atomic E-state index is -0.726. The Kier molecular flexibility index (Phi) is 3.23. The van der Waals surface area contributed by atoms with Crippen molar-refractivity contribution in [3.05, 3.63) is 24.2 Å².